The third-order valence-electron chi connectivity index (χ3n) is 9.39. The van der Waals surface area contributed by atoms with Gasteiger partial charge in [-0.25, -0.2) is 4.98 Å². The molecule has 0 bridgehead atoms. The molecule has 0 fully saturated rings. The van der Waals surface area contributed by atoms with Crippen LogP contribution in [0, 0.1) is 0 Å². The van der Waals surface area contributed by atoms with Gasteiger partial charge in [0.25, 0.3) is 0 Å². The molecule has 3 heterocycles. The van der Waals surface area contributed by atoms with Crippen LogP contribution in [0.25, 0.3) is 93.5 Å². The van der Waals surface area contributed by atoms with E-state index in [0.29, 0.717) is 0 Å². The number of hydrogen-bond donors (Lipinski definition) is 0. The lowest BCUT2D eigenvalue weighted by molar-refractivity contribution is 0.670. The van der Waals surface area contributed by atoms with Crippen LogP contribution in [-0.2, 0) is 0 Å². The van der Waals surface area contributed by atoms with E-state index >= 15 is 0 Å². The second-order valence-corrected chi connectivity index (χ2v) is 11.9. The van der Waals surface area contributed by atoms with Gasteiger partial charge in [0.05, 0.1) is 22.2 Å². The third-order valence-corrected chi connectivity index (χ3v) is 9.39. The fourth-order valence-corrected chi connectivity index (χ4v) is 7.33. The van der Waals surface area contributed by atoms with Crippen molar-refractivity contribution in [2.45, 2.75) is 0 Å². The lowest BCUT2D eigenvalue weighted by Crippen LogP contribution is -1.97. The Morgan fingerprint density at radius 2 is 1.15 bits per heavy atom. The first kappa shape index (κ1) is 25.2. The fraction of sp³-hybridized carbons (Fsp3) is 0. The molecule has 0 N–H and O–H groups in total. The molecule has 0 saturated carbocycles. The number of furan rings is 1. The lowest BCUT2D eigenvalue weighted by Gasteiger charge is -2.15. The molecule has 214 valence electrons. The van der Waals surface area contributed by atoms with E-state index in [0.717, 1.165) is 66.3 Å². The molecule has 0 aliphatic heterocycles. The van der Waals surface area contributed by atoms with Crippen LogP contribution >= 0.6 is 0 Å². The standard InChI is InChI=1S/C43H26N2O/c1-2-11-28(12-3-1)41-40-34(31-13-4-7-18-37(31)44-41)25-26-35-32-14-5-8-19-38(32)45(42(35)40)29-23-21-27(22-24-29)30-16-10-17-36-33-15-6-9-20-39(33)46-43(30)36/h1-26H. The molecule has 46 heavy (non-hydrogen) atoms. The zero-order chi connectivity index (χ0) is 30.2. The molecule has 0 atom stereocenters. The van der Waals surface area contributed by atoms with E-state index in [1.807, 2.05) is 12.1 Å². The number of fused-ring (bicyclic) bond motifs is 10. The molecule has 0 radical (unpaired) electrons. The van der Waals surface area contributed by atoms with Crippen LogP contribution in [-0.4, -0.2) is 9.55 Å². The molecule has 0 saturated heterocycles. The summed E-state index contributed by atoms with van der Waals surface area (Å²) < 4.78 is 8.80. The molecular weight excluding hydrogens is 560 g/mol. The number of rotatable bonds is 3. The van der Waals surface area contributed by atoms with E-state index in [9.17, 15) is 0 Å². The van der Waals surface area contributed by atoms with E-state index in [1.54, 1.807) is 0 Å². The van der Waals surface area contributed by atoms with Gasteiger partial charge >= 0.3 is 0 Å². The van der Waals surface area contributed by atoms with Gasteiger partial charge in [-0.05, 0) is 41.3 Å². The molecule has 3 nitrogen and oxygen atoms in total. The third kappa shape index (κ3) is 3.57. The molecule has 0 aliphatic rings. The van der Waals surface area contributed by atoms with E-state index in [4.69, 9.17) is 9.40 Å². The molecule has 7 aromatic carbocycles. The lowest BCUT2D eigenvalue weighted by atomic mass is 9.97. The van der Waals surface area contributed by atoms with Crippen molar-refractivity contribution in [3.8, 4) is 28.1 Å². The Hall–Kier alpha value is -6.19. The van der Waals surface area contributed by atoms with Crippen molar-refractivity contribution in [3.63, 3.8) is 0 Å². The number of nitrogens with zero attached hydrogens (tertiary/aromatic N) is 2. The van der Waals surface area contributed by atoms with Crippen LogP contribution in [0.3, 0.4) is 0 Å². The molecule has 0 amide bonds. The van der Waals surface area contributed by atoms with E-state index < -0.39 is 0 Å². The van der Waals surface area contributed by atoms with Crippen LogP contribution in [0.1, 0.15) is 0 Å². The van der Waals surface area contributed by atoms with Gasteiger partial charge in [-0.2, -0.15) is 0 Å². The molecule has 3 heteroatoms. The van der Waals surface area contributed by atoms with Crippen LogP contribution in [0.4, 0.5) is 0 Å². The zero-order valence-corrected chi connectivity index (χ0v) is 24.8. The van der Waals surface area contributed by atoms with Crippen molar-refractivity contribution in [2.75, 3.05) is 0 Å². The average molecular weight is 587 g/mol. The van der Waals surface area contributed by atoms with Gasteiger partial charge in [0.2, 0.25) is 0 Å². The van der Waals surface area contributed by atoms with Crippen molar-refractivity contribution in [1.29, 1.82) is 0 Å². The summed E-state index contributed by atoms with van der Waals surface area (Å²) >= 11 is 0. The second kappa shape index (κ2) is 9.65. The highest BCUT2D eigenvalue weighted by atomic mass is 16.3. The van der Waals surface area contributed by atoms with Crippen molar-refractivity contribution in [3.05, 3.63) is 158 Å². The average Bonchev–Trinajstić information content (AvgIpc) is 3.68. The van der Waals surface area contributed by atoms with Gasteiger partial charge in [0.1, 0.15) is 11.2 Å². The van der Waals surface area contributed by atoms with Gasteiger partial charge in [-0.3, -0.25) is 0 Å². The molecule has 10 aromatic rings. The van der Waals surface area contributed by atoms with Crippen molar-refractivity contribution >= 4 is 65.4 Å². The number of aromatic nitrogens is 2. The Balaban J connectivity index is 1.27. The minimum atomic E-state index is 0.911. The number of pyridine rings is 1. The SMILES string of the molecule is c1ccc(-c2nc3ccccc3c3ccc4c5ccccc5n(-c5ccc(-c6cccc7c6oc6ccccc67)cc5)c4c23)cc1. The number of benzene rings is 7. The first-order valence-corrected chi connectivity index (χ1v) is 15.6. The largest absolute Gasteiger partial charge is 0.455 e. The first-order valence-electron chi connectivity index (χ1n) is 15.6. The van der Waals surface area contributed by atoms with Crippen LogP contribution in [0.5, 0.6) is 0 Å². The summed E-state index contributed by atoms with van der Waals surface area (Å²) in [5, 5.41) is 8.24. The van der Waals surface area contributed by atoms with Gasteiger partial charge in [0, 0.05) is 49.1 Å². The highest BCUT2D eigenvalue weighted by Crippen LogP contribution is 2.43. The van der Waals surface area contributed by atoms with Crippen LogP contribution in [0.15, 0.2) is 162 Å². The molecular formula is C43H26N2O. The maximum Gasteiger partial charge on any atom is 0.143 e. The highest BCUT2D eigenvalue weighted by Gasteiger charge is 2.20. The van der Waals surface area contributed by atoms with Crippen LogP contribution < -0.4 is 0 Å². The maximum absolute atomic E-state index is 6.38. The monoisotopic (exact) mass is 586 g/mol. The Morgan fingerprint density at radius 1 is 0.457 bits per heavy atom. The normalized spacial score (nSPS) is 11.9. The second-order valence-electron chi connectivity index (χ2n) is 11.9. The number of para-hydroxylation sites is 4. The summed E-state index contributed by atoms with van der Waals surface area (Å²) in [6.07, 6.45) is 0. The Labute approximate surface area is 264 Å². The summed E-state index contributed by atoms with van der Waals surface area (Å²) in [4.78, 5) is 5.31. The van der Waals surface area contributed by atoms with Crippen molar-refractivity contribution in [1.82, 2.24) is 9.55 Å². The minimum absolute atomic E-state index is 0.911. The Bertz CT molecular complexity index is 2790. The van der Waals surface area contributed by atoms with Gasteiger partial charge in [-0.15, -0.1) is 0 Å². The fourth-order valence-electron chi connectivity index (χ4n) is 7.33. The zero-order valence-electron chi connectivity index (χ0n) is 24.8. The maximum atomic E-state index is 6.38. The van der Waals surface area contributed by atoms with Gasteiger partial charge in [-0.1, -0.05) is 127 Å². The van der Waals surface area contributed by atoms with Gasteiger partial charge < -0.3 is 8.98 Å². The van der Waals surface area contributed by atoms with E-state index in [1.165, 1.54) is 27.2 Å². The van der Waals surface area contributed by atoms with Crippen molar-refractivity contribution in [2.24, 2.45) is 0 Å². The Morgan fingerprint density at radius 3 is 2.02 bits per heavy atom. The summed E-state index contributed by atoms with van der Waals surface area (Å²) in [7, 11) is 0. The predicted octanol–water partition coefficient (Wildman–Crippen LogP) is 11.7. The molecule has 0 spiro atoms. The van der Waals surface area contributed by atoms with Crippen LogP contribution in [0.2, 0.25) is 0 Å². The van der Waals surface area contributed by atoms with E-state index in [2.05, 4.69) is 150 Å². The van der Waals surface area contributed by atoms with Gasteiger partial charge in [0.15, 0.2) is 0 Å². The summed E-state index contributed by atoms with van der Waals surface area (Å²) in [5.41, 5.74) is 10.6. The predicted molar refractivity (Wildman–Crippen MR) is 192 cm³/mol. The summed E-state index contributed by atoms with van der Waals surface area (Å²) in [6, 6.07) is 55.9. The Kier molecular flexibility index (Phi) is 5.28. The smallest absolute Gasteiger partial charge is 0.143 e. The summed E-state index contributed by atoms with van der Waals surface area (Å²) in [5.74, 6) is 0. The molecule has 0 aliphatic carbocycles. The number of hydrogen-bond acceptors (Lipinski definition) is 2. The molecule has 3 aromatic heterocycles. The topological polar surface area (TPSA) is 31.0 Å². The summed E-state index contributed by atoms with van der Waals surface area (Å²) in [6.45, 7) is 0. The quantitative estimate of drug-likeness (QED) is 0.193. The molecule has 0 unspecified atom stereocenters. The highest BCUT2D eigenvalue weighted by molar-refractivity contribution is 6.25. The first-order chi connectivity index (χ1) is 22.8. The molecule has 10 rings (SSSR count). The minimum Gasteiger partial charge on any atom is -0.455 e. The van der Waals surface area contributed by atoms with E-state index in [-0.39, 0.29) is 0 Å². The van der Waals surface area contributed by atoms with Crippen molar-refractivity contribution < 1.29 is 4.42 Å².